The van der Waals surface area contributed by atoms with E-state index in [0.717, 1.165) is 21.4 Å². The first-order chi connectivity index (χ1) is 14.8. The Labute approximate surface area is 189 Å². The number of imide groups is 1. The first kappa shape index (κ1) is 22.6. The molecule has 1 heterocycles. The predicted octanol–water partition coefficient (Wildman–Crippen LogP) is 4.47. The van der Waals surface area contributed by atoms with Crippen molar-refractivity contribution in [3.63, 3.8) is 0 Å². The van der Waals surface area contributed by atoms with Crippen LogP contribution in [0.5, 0.6) is 5.75 Å². The van der Waals surface area contributed by atoms with Gasteiger partial charge in [0, 0.05) is 5.69 Å². The van der Waals surface area contributed by atoms with Gasteiger partial charge in [-0.3, -0.25) is 9.59 Å². The van der Waals surface area contributed by atoms with E-state index >= 15 is 0 Å². The number of rotatable bonds is 7. The van der Waals surface area contributed by atoms with Crippen LogP contribution in [0.25, 0.3) is 6.08 Å². The average molecular weight is 486 g/mol. The highest BCUT2D eigenvalue weighted by Gasteiger charge is 2.34. The molecular weight excluding hydrogens is 462 g/mol. The quantitative estimate of drug-likeness (QED) is 0.447. The molecule has 1 saturated heterocycles. The third-order valence-corrected chi connectivity index (χ3v) is 5.36. The van der Waals surface area contributed by atoms with E-state index in [1.807, 2.05) is 39.0 Å². The number of carbonyl (C=O) groups is 3. The molecule has 0 saturated carbocycles. The van der Waals surface area contributed by atoms with E-state index in [-0.39, 0.29) is 18.3 Å². The first-order valence-electron chi connectivity index (χ1n) is 9.94. The van der Waals surface area contributed by atoms with Crippen molar-refractivity contribution in [3.8, 4) is 5.75 Å². The average Bonchev–Trinajstić information content (AvgIpc) is 2.97. The predicted molar refractivity (Wildman–Crippen MR) is 123 cm³/mol. The lowest BCUT2D eigenvalue weighted by Gasteiger charge is -2.14. The lowest BCUT2D eigenvalue weighted by Crippen LogP contribution is -2.38. The van der Waals surface area contributed by atoms with E-state index in [0.29, 0.717) is 17.0 Å². The number of ether oxygens (including phenoxy) is 1. The molecule has 4 amide bonds. The summed E-state index contributed by atoms with van der Waals surface area (Å²) in [6, 6.07) is 12.0. The normalized spacial score (nSPS) is 15.7. The molecule has 0 unspecified atom stereocenters. The van der Waals surface area contributed by atoms with Crippen molar-refractivity contribution >= 4 is 45.5 Å². The zero-order valence-electron chi connectivity index (χ0n) is 17.6. The number of hydrogen-bond acceptors (Lipinski definition) is 4. The van der Waals surface area contributed by atoms with E-state index in [4.69, 9.17) is 4.74 Å². The molecule has 1 aliphatic rings. The van der Waals surface area contributed by atoms with E-state index in [1.165, 1.54) is 0 Å². The molecule has 1 atom stereocenters. The summed E-state index contributed by atoms with van der Waals surface area (Å²) in [6.07, 6.45) is 2.53. The number of benzene rings is 2. The summed E-state index contributed by atoms with van der Waals surface area (Å²) in [6.45, 7) is 5.56. The fraction of sp³-hybridized carbons (Fsp3) is 0.261. The number of urea groups is 1. The molecule has 0 radical (unpaired) electrons. The van der Waals surface area contributed by atoms with Crippen LogP contribution < -0.4 is 15.4 Å². The molecule has 1 fully saturated rings. The summed E-state index contributed by atoms with van der Waals surface area (Å²) < 4.78 is 6.56. The summed E-state index contributed by atoms with van der Waals surface area (Å²) in [5, 5.41) is 5.22. The van der Waals surface area contributed by atoms with Crippen molar-refractivity contribution in [1.82, 2.24) is 10.2 Å². The molecule has 0 aliphatic carbocycles. The van der Waals surface area contributed by atoms with Gasteiger partial charge >= 0.3 is 6.03 Å². The number of aryl methyl sites for hydroxylation is 1. The second-order valence-electron chi connectivity index (χ2n) is 7.32. The van der Waals surface area contributed by atoms with Crippen LogP contribution >= 0.6 is 15.9 Å². The summed E-state index contributed by atoms with van der Waals surface area (Å²) in [5.41, 5.74) is 2.41. The van der Waals surface area contributed by atoms with Crippen LogP contribution in [0.4, 0.5) is 10.5 Å². The number of nitrogens with zero attached hydrogens (tertiary/aromatic N) is 1. The Balaban J connectivity index is 1.68. The molecule has 2 aromatic carbocycles. The smallest absolute Gasteiger partial charge is 0.329 e. The van der Waals surface area contributed by atoms with E-state index in [9.17, 15) is 14.4 Å². The molecule has 7 nitrogen and oxygen atoms in total. The Morgan fingerprint density at radius 1 is 1.26 bits per heavy atom. The zero-order chi connectivity index (χ0) is 22.5. The molecule has 1 aliphatic heterocycles. The second kappa shape index (κ2) is 9.78. The lowest BCUT2D eigenvalue weighted by molar-refractivity contribution is -0.127. The molecular formula is C23H24BrN3O4. The van der Waals surface area contributed by atoms with Gasteiger partial charge in [-0.15, -0.1) is 0 Å². The maximum absolute atomic E-state index is 12.7. The summed E-state index contributed by atoms with van der Waals surface area (Å²) >= 11 is 3.47. The molecule has 162 valence electrons. The van der Waals surface area contributed by atoms with Gasteiger partial charge in [-0.05, 0) is 77.7 Å². The zero-order valence-corrected chi connectivity index (χ0v) is 19.2. The van der Waals surface area contributed by atoms with E-state index < -0.39 is 17.8 Å². The van der Waals surface area contributed by atoms with Crippen LogP contribution in [0.3, 0.4) is 0 Å². The Hall–Kier alpha value is -3.13. The maximum atomic E-state index is 12.7. The largest absolute Gasteiger partial charge is 0.490 e. The molecule has 2 aromatic rings. The van der Waals surface area contributed by atoms with Gasteiger partial charge in [0.05, 0.1) is 10.6 Å². The van der Waals surface area contributed by atoms with Crippen LogP contribution in [-0.2, 0) is 9.59 Å². The fourth-order valence-corrected chi connectivity index (χ4v) is 3.44. The number of halogens is 1. The van der Waals surface area contributed by atoms with Crippen LogP contribution in [0, 0.1) is 6.92 Å². The minimum absolute atomic E-state index is 0.0794. The molecule has 31 heavy (non-hydrogen) atoms. The first-order valence-corrected chi connectivity index (χ1v) is 10.7. The minimum Gasteiger partial charge on any atom is -0.490 e. The SMILES string of the molecule is CC[C@H](C)Oc1ccc(/C=C2/NC(=O)N(CC(=O)Nc3cccc(C)c3)C2=O)cc1Br. The fourth-order valence-electron chi connectivity index (χ4n) is 2.95. The summed E-state index contributed by atoms with van der Waals surface area (Å²) in [5.74, 6) is -0.308. The molecule has 3 rings (SSSR count). The van der Waals surface area contributed by atoms with Gasteiger partial charge < -0.3 is 15.4 Å². The Kier molecular flexibility index (Phi) is 7.12. The number of amides is 4. The van der Waals surface area contributed by atoms with Crippen molar-refractivity contribution in [1.29, 1.82) is 0 Å². The third-order valence-electron chi connectivity index (χ3n) is 4.74. The van der Waals surface area contributed by atoms with Crippen LogP contribution in [0.15, 0.2) is 52.6 Å². The Bertz CT molecular complexity index is 1050. The van der Waals surface area contributed by atoms with Gasteiger partial charge in [0.1, 0.15) is 18.0 Å². The van der Waals surface area contributed by atoms with E-state index in [1.54, 1.807) is 30.3 Å². The van der Waals surface area contributed by atoms with Gasteiger partial charge in [0.15, 0.2) is 0 Å². The highest BCUT2D eigenvalue weighted by atomic mass is 79.9. The van der Waals surface area contributed by atoms with Gasteiger partial charge in [-0.1, -0.05) is 25.1 Å². The van der Waals surface area contributed by atoms with Crippen molar-refractivity contribution in [2.75, 3.05) is 11.9 Å². The Morgan fingerprint density at radius 3 is 2.71 bits per heavy atom. The summed E-state index contributed by atoms with van der Waals surface area (Å²) in [4.78, 5) is 38.1. The second-order valence-corrected chi connectivity index (χ2v) is 8.18. The topological polar surface area (TPSA) is 87.7 Å². The molecule has 0 spiro atoms. The van der Waals surface area contributed by atoms with E-state index in [2.05, 4.69) is 26.6 Å². The highest BCUT2D eigenvalue weighted by molar-refractivity contribution is 9.10. The van der Waals surface area contributed by atoms with Crippen LogP contribution in [0.1, 0.15) is 31.4 Å². The number of hydrogen-bond donors (Lipinski definition) is 2. The number of carbonyl (C=O) groups excluding carboxylic acids is 3. The minimum atomic E-state index is -0.633. The van der Waals surface area contributed by atoms with Gasteiger partial charge in [0.2, 0.25) is 5.91 Å². The number of anilines is 1. The lowest BCUT2D eigenvalue weighted by atomic mass is 10.2. The van der Waals surface area contributed by atoms with Crippen molar-refractivity contribution in [2.45, 2.75) is 33.3 Å². The monoisotopic (exact) mass is 485 g/mol. The van der Waals surface area contributed by atoms with Gasteiger partial charge in [-0.25, -0.2) is 9.69 Å². The van der Waals surface area contributed by atoms with Crippen molar-refractivity contribution in [2.24, 2.45) is 0 Å². The van der Waals surface area contributed by atoms with Crippen LogP contribution in [-0.4, -0.2) is 35.4 Å². The number of nitrogens with one attached hydrogen (secondary N) is 2. The van der Waals surface area contributed by atoms with Gasteiger partial charge in [0.25, 0.3) is 5.91 Å². The highest BCUT2D eigenvalue weighted by Crippen LogP contribution is 2.28. The Morgan fingerprint density at radius 2 is 2.03 bits per heavy atom. The van der Waals surface area contributed by atoms with Crippen LogP contribution in [0.2, 0.25) is 0 Å². The molecule has 0 bridgehead atoms. The standard InChI is InChI=1S/C23H24BrN3O4/c1-4-15(3)31-20-9-8-16(11-18(20)24)12-19-22(29)27(23(30)26-19)13-21(28)25-17-7-5-6-14(2)10-17/h5-12,15H,4,13H2,1-3H3,(H,25,28)(H,26,30)/b19-12+/t15-/m0/s1. The molecule has 8 heteroatoms. The van der Waals surface area contributed by atoms with Crippen molar-refractivity contribution < 1.29 is 19.1 Å². The molecule has 0 aromatic heterocycles. The van der Waals surface area contributed by atoms with Crippen molar-refractivity contribution in [3.05, 3.63) is 63.8 Å². The third kappa shape index (κ3) is 5.73. The molecule has 2 N–H and O–H groups in total. The maximum Gasteiger partial charge on any atom is 0.329 e. The summed E-state index contributed by atoms with van der Waals surface area (Å²) in [7, 11) is 0. The van der Waals surface area contributed by atoms with Gasteiger partial charge in [-0.2, -0.15) is 0 Å².